The van der Waals surface area contributed by atoms with Gasteiger partial charge in [-0.05, 0) is 36.4 Å². The second kappa shape index (κ2) is 5.41. The molecule has 0 spiro atoms. The molecule has 0 aliphatic carbocycles. The van der Waals surface area contributed by atoms with E-state index in [1.54, 1.807) is 24.5 Å². The standard InChI is InChI=1S/C18H12ClN3O/c19-14-5-1-12(2-6-14)16-11-22-17(9-21-18(22)10-20-16)13-3-7-15(23)8-4-13/h1-11,23H. The van der Waals surface area contributed by atoms with Gasteiger partial charge >= 0.3 is 0 Å². The highest BCUT2D eigenvalue weighted by molar-refractivity contribution is 6.30. The first-order valence-electron chi connectivity index (χ1n) is 7.09. The average molecular weight is 322 g/mol. The van der Waals surface area contributed by atoms with Crippen molar-refractivity contribution in [2.45, 2.75) is 0 Å². The second-order valence-electron chi connectivity index (χ2n) is 5.20. The molecule has 2 heterocycles. The second-order valence-corrected chi connectivity index (χ2v) is 5.63. The number of hydrogen-bond acceptors (Lipinski definition) is 3. The molecule has 1 N–H and O–H groups in total. The third kappa shape index (κ3) is 2.53. The van der Waals surface area contributed by atoms with Gasteiger partial charge in [-0.2, -0.15) is 0 Å². The number of hydrogen-bond donors (Lipinski definition) is 1. The van der Waals surface area contributed by atoms with Gasteiger partial charge in [-0.3, -0.25) is 9.38 Å². The van der Waals surface area contributed by atoms with E-state index in [9.17, 15) is 5.11 Å². The summed E-state index contributed by atoms with van der Waals surface area (Å²) in [5, 5.41) is 10.1. The highest BCUT2D eigenvalue weighted by atomic mass is 35.5. The average Bonchev–Trinajstić information content (AvgIpc) is 2.99. The number of aromatic hydroxyl groups is 1. The lowest BCUT2D eigenvalue weighted by Crippen LogP contribution is -1.92. The Hall–Kier alpha value is -2.85. The van der Waals surface area contributed by atoms with Crippen molar-refractivity contribution in [1.29, 1.82) is 0 Å². The van der Waals surface area contributed by atoms with Crippen LogP contribution in [0.25, 0.3) is 28.2 Å². The molecule has 0 amide bonds. The van der Waals surface area contributed by atoms with E-state index in [1.807, 2.05) is 47.0 Å². The van der Waals surface area contributed by atoms with Gasteiger partial charge in [-0.25, -0.2) is 4.98 Å². The zero-order valence-corrected chi connectivity index (χ0v) is 12.8. The summed E-state index contributed by atoms with van der Waals surface area (Å²) in [5.74, 6) is 0.242. The fourth-order valence-corrected chi connectivity index (χ4v) is 2.63. The Morgan fingerprint density at radius 2 is 1.52 bits per heavy atom. The fraction of sp³-hybridized carbons (Fsp3) is 0. The zero-order chi connectivity index (χ0) is 15.8. The van der Waals surface area contributed by atoms with Gasteiger partial charge in [-0.15, -0.1) is 0 Å². The summed E-state index contributed by atoms with van der Waals surface area (Å²) in [6, 6.07) is 14.6. The lowest BCUT2D eigenvalue weighted by atomic mass is 10.1. The van der Waals surface area contributed by atoms with Crippen molar-refractivity contribution in [3.63, 3.8) is 0 Å². The Labute approximate surface area is 137 Å². The number of benzene rings is 2. The van der Waals surface area contributed by atoms with E-state index in [1.165, 1.54) is 0 Å². The van der Waals surface area contributed by atoms with E-state index in [4.69, 9.17) is 11.6 Å². The topological polar surface area (TPSA) is 50.4 Å². The molecule has 0 radical (unpaired) electrons. The summed E-state index contributed by atoms with van der Waals surface area (Å²) in [5.41, 5.74) is 4.51. The van der Waals surface area contributed by atoms with Crippen LogP contribution in [0.3, 0.4) is 0 Å². The summed E-state index contributed by atoms with van der Waals surface area (Å²) < 4.78 is 1.99. The van der Waals surface area contributed by atoms with Crippen LogP contribution in [-0.2, 0) is 0 Å². The molecule has 4 aromatic rings. The maximum Gasteiger partial charge on any atom is 0.155 e. The van der Waals surface area contributed by atoms with E-state index < -0.39 is 0 Å². The quantitative estimate of drug-likeness (QED) is 0.594. The number of fused-ring (bicyclic) bond motifs is 1. The first-order chi connectivity index (χ1) is 11.2. The first kappa shape index (κ1) is 13.8. The molecular weight excluding hydrogens is 310 g/mol. The SMILES string of the molecule is Oc1ccc(-c2cnc3cnc(-c4ccc(Cl)cc4)cn23)cc1. The molecule has 23 heavy (non-hydrogen) atoms. The van der Waals surface area contributed by atoms with Crippen molar-refractivity contribution < 1.29 is 5.11 Å². The molecule has 0 fully saturated rings. The smallest absolute Gasteiger partial charge is 0.155 e. The van der Waals surface area contributed by atoms with Crippen LogP contribution < -0.4 is 0 Å². The Kier molecular flexibility index (Phi) is 3.24. The Morgan fingerprint density at radius 3 is 2.26 bits per heavy atom. The number of halogens is 1. The van der Waals surface area contributed by atoms with Gasteiger partial charge in [0.05, 0.1) is 23.8 Å². The first-order valence-corrected chi connectivity index (χ1v) is 7.47. The zero-order valence-electron chi connectivity index (χ0n) is 12.0. The van der Waals surface area contributed by atoms with Gasteiger partial charge in [0.25, 0.3) is 0 Å². The van der Waals surface area contributed by atoms with Crippen molar-refractivity contribution in [2.24, 2.45) is 0 Å². The maximum atomic E-state index is 9.44. The molecule has 0 aliphatic rings. The molecule has 4 nitrogen and oxygen atoms in total. The number of imidazole rings is 1. The van der Waals surface area contributed by atoms with Crippen molar-refractivity contribution in [3.05, 3.63) is 72.1 Å². The molecule has 0 atom stereocenters. The minimum absolute atomic E-state index is 0.242. The van der Waals surface area contributed by atoms with E-state index >= 15 is 0 Å². The van der Waals surface area contributed by atoms with Crippen LogP contribution in [-0.4, -0.2) is 19.5 Å². The molecule has 4 rings (SSSR count). The largest absolute Gasteiger partial charge is 0.508 e. The van der Waals surface area contributed by atoms with Crippen LogP contribution in [0, 0.1) is 0 Å². The van der Waals surface area contributed by atoms with Gasteiger partial charge in [0.15, 0.2) is 5.65 Å². The summed E-state index contributed by atoms with van der Waals surface area (Å²) >= 11 is 5.94. The molecule has 2 aromatic carbocycles. The van der Waals surface area contributed by atoms with Crippen molar-refractivity contribution >= 4 is 17.2 Å². The minimum Gasteiger partial charge on any atom is -0.508 e. The molecule has 2 aromatic heterocycles. The summed E-state index contributed by atoms with van der Waals surface area (Å²) in [4.78, 5) is 8.84. The molecule has 5 heteroatoms. The molecule has 0 saturated carbocycles. The highest BCUT2D eigenvalue weighted by Gasteiger charge is 2.08. The van der Waals surface area contributed by atoms with Crippen molar-refractivity contribution in [3.8, 4) is 28.3 Å². The van der Waals surface area contributed by atoms with Gasteiger partial charge in [0.1, 0.15) is 5.75 Å². The number of phenolic OH excluding ortho intramolecular Hbond substituents is 1. The number of aromatic nitrogens is 3. The Morgan fingerprint density at radius 1 is 0.826 bits per heavy atom. The van der Waals surface area contributed by atoms with Gasteiger partial charge in [0.2, 0.25) is 0 Å². The lowest BCUT2D eigenvalue weighted by Gasteiger charge is -2.05. The van der Waals surface area contributed by atoms with Crippen LogP contribution in [0.4, 0.5) is 0 Å². The highest BCUT2D eigenvalue weighted by Crippen LogP contribution is 2.25. The normalized spacial score (nSPS) is 11.0. The molecule has 0 saturated heterocycles. The van der Waals surface area contributed by atoms with E-state index in [2.05, 4.69) is 9.97 Å². The van der Waals surface area contributed by atoms with Crippen molar-refractivity contribution in [1.82, 2.24) is 14.4 Å². The third-order valence-electron chi connectivity index (χ3n) is 3.70. The predicted molar refractivity (Wildman–Crippen MR) is 90.5 cm³/mol. The maximum absolute atomic E-state index is 9.44. The molecule has 112 valence electrons. The number of rotatable bonds is 2. The van der Waals surface area contributed by atoms with Crippen LogP contribution in [0.15, 0.2) is 67.1 Å². The van der Waals surface area contributed by atoms with Gasteiger partial charge < -0.3 is 5.11 Å². The van der Waals surface area contributed by atoms with Crippen LogP contribution in [0.5, 0.6) is 5.75 Å². The van der Waals surface area contributed by atoms with E-state index in [0.29, 0.717) is 5.02 Å². The number of nitrogens with zero attached hydrogens (tertiary/aromatic N) is 3. The number of phenols is 1. The molecule has 0 bridgehead atoms. The van der Waals surface area contributed by atoms with Crippen molar-refractivity contribution in [2.75, 3.05) is 0 Å². The van der Waals surface area contributed by atoms with E-state index in [-0.39, 0.29) is 5.75 Å². The fourth-order valence-electron chi connectivity index (χ4n) is 2.50. The minimum atomic E-state index is 0.242. The Balaban J connectivity index is 1.86. The van der Waals surface area contributed by atoms with Crippen LogP contribution in [0.1, 0.15) is 0 Å². The lowest BCUT2D eigenvalue weighted by molar-refractivity contribution is 0.475. The Bertz CT molecular complexity index is 976. The van der Waals surface area contributed by atoms with Gasteiger partial charge in [-0.1, -0.05) is 23.7 Å². The van der Waals surface area contributed by atoms with Crippen LogP contribution >= 0.6 is 11.6 Å². The van der Waals surface area contributed by atoms with Gasteiger partial charge in [0, 0.05) is 22.3 Å². The monoisotopic (exact) mass is 321 g/mol. The summed E-state index contributed by atoms with van der Waals surface area (Å²) in [7, 11) is 0. The molecule has 0 aliphatic heterocycles. The third-order valence-corrected chi connectivity index (χ3v) is 3.95. The molecular formula is C18H12ClN3O. The van der Waals surface area contributed by atoms with Crippen LogP contribution in [0.2, 0.25) is 5.02 Å². The molecule has 0 unspecified atom stereocenters. The summed E-state index contributed by atoms with van der Waals surface area (Å²) in [6.07, 6.45) is 5.50. The summed E-state index contributed by atoms with van der Waals surface area (Å²) in [6.45, 7) is 0. The predicted octanol–water partition coefficient (Wildman–Crippen LogP) is 4.42. The van der Waals surface area contributed by atoms with E-state index in [0.717, 1.165) is 28.2 Å².